The second-order valence-electron chi connectivity index (χ2n) is 16.2. The molecule has 0 saturated carbocycles. The van der Waals surface area contributed by atoms with Gasteiger partial charge in [0.2, 0.25) is 11.7 Å². The van der Waals surface area contributed by atoms with E-state index in [0.717, 1.165) is 12.1 Å². The number of carbonyl (C=O) groups is 3. The molecular formula is C42H59FN4O14Si. The van der Waals surface area contributed by atoms with Gasteiger partial charge < -0.3 is 59.0 Å². The first-order valence-electron chi connectivity index (χ1n) is 19.7. The standard InChI is InChI=1S/C42H59FN4O14Si/c1-42(2,3)61-41(51)46-34(24-48)28-11-13-37(56-6)38(22-28)60-31-21-29(20-30(23-31)55-5)35(25-58-26-57-15-14-54-4)44-39(49)33(45-40(50)59-16-17-62(7,8)9)18-27-10-12-32(43)36(19-27)47(52)53/h10-13,19-23,33-35,48H,14-18,24-26H2,1-9H3,(H,44,49)(H,45,50)(H,46,51)/t33-,34+,35-/m1/s1. The number of aliphatic hydroxyl groups excluding tert-OH is 1. The molecule has 0 unspecified atom stereocenters. The summed E-state index contributed by atoms with van der Waals surface area (Å²) in [4.78, 5) is 50.5. The fourth-order valence-electron chi connectivity index (χ4n) is 5.60. The number of halogens is 1. The van der Waals surface area contributed by atoms with E-state index < -0.39 is 72.9 Å². The fraction of sp³-hybridized carbons (Fsp3) is 0.500. The molecule has 0 aliphatic heterocycles. The molecule has 0 fully saturated rings. The zero-order chi connectivity index (χ0) is 46.0. The number of benzene rings is 3. The van der Waals surface area contributed by atoms with E-state index in [-0.39, 0.29) is 50.1 Å². The lowest BCUT2D eigenvalue weighted by atomic mass is 10.0. The number of ether oxygens (including phenoxy) is 8. The summed E-state index contributed by atoms with van der Waals surface area (Å²) in [6.45, 7) is 11.3. The predicted octanol–water partition coefficient (Wildman–Crippen LogP) is 6.57. The third kappa shape index (κ3) is 17.4. The highest BCUT2D eigenvalue weighted by atomic mass is 28.3. The number of aliphatic hydroxyl groups is 1. The van der Waals surface area contributed by atoms with Gasteiger partial charge in [0.1, 0.15) is 29.9 Å². The van der Waals surface area contributed by atoms with Crippen LogP contribution in [0.3, 0.4) is 0 Å². The number of carbonyl (C=O) groups excluding carboxylic acids is 3. The molecule has 3 rings (SSSR count). The maximum atomic E-state index is 14.3. The van der Waals surface area contributed by atoms with Gasteiger partial charge in [-0.3, -0.25) is 14.9 Å². The Kier molecular flexibility index (Phi) is 19.8. The number of hydrogen-bond donors (Lipinski definition) is 4. The zero-order valence-electron chi connectivity index (χ0n) is 36.7. The van der Waals surface area contributed by atoms with Crippen molar-refractivity contribution in [3.05, 3.63) is 87.2 Å². The fourth-order valence-corrected chi connectivity index (χ4v) is 6.31. The molecule has 342 valence electrons. The van der Waals surface area contributed by atoms with Crippen LogP contribution in [-0.2, 0) is 34.9 Å². The Balaban J connectivity index is 2.02. The van der Waals surface area contributed by atoms with E-state index in [1.807, 2.05) is 0 Å². The molecule has 18 nitrogen and oxygen atoms in total. The van der Waals surface area contributed by atoms with Gasteiger partial charge in [-0.25, -0.2) is 9.59 Å². The van der Waals surface area contributed by atoms with Crippen LogP contribution in [0.1, 0.15) is 49.5 Å². The third-order valence-corrected chi connectivity index (χ3v) is 10.5. The van der Waals surface area contributed by atoms with Gasteiger partial charge in [0.15, 0.2) is 11.5 Å². The van der Waals surface area contributed by atoms with Crippen molar-refractivity contribution in [1.29, 1.82) is 0 Å². The van der Waals surface area contributed by atoms with Crippen LogP contribution in [0.2, 0.25) is 25.7 Å². The summed E-state index contributed by atoms with van der Waals surface area (Å²) in [5, 5.41) is 29.8. The van der Waals surface area contributed by atoms with E-state index in [2.05, 4.69) is 35.6 Å². The van der Waals surface area contributed by atoms with E-state index in [9.17, 15) is 34.0 Å². The number of nitro groups is 1. The second-order valence-corrected chi connectivity index (χ2v) is 21.8. The molecule has 3 aromatic rings. The van der Waals surface area contributed by atoms with Crippen molar-refractivity contribution in [2.24, 2.45) is 0 Å². The first-order chi connectivity index (χ1) is 29.2. The third-order valence-electron chi connectivity index (χ3n) is 8.77. The van der Waals surface area contributed by atoms with Crippen molar-refractivity contribution in [2.45, 2.75) is 76.6 Å². The molecule has 0 radical (unpaired) electrons. The highest BCUT2D eigenvalue weighted by Gasteiger charge is 2.28. The van der Waals surface area contributed by atoms with Crippen LogP contribution in [0.4, 0.5) is 19.7 Å². The van der Waals surface area contributed by atoms with E-state index >= 15 is 0 Å². The molecule has 0 bridgehead atoms. The molecule has 4 N–H and O–H groups in total. The normalized spacial score (nSPS) is 13.0. The highest BCUT2D eigenvalue weighted by molar-refractivity contribution is 6.76. The maximum Gasteiger partial charge on any atom is 0.408 e. The lowest BCUT2D eigenvalue weighted by Crippen LogP contribution is -2.49. The minimum Gasteiger partial charge on any atom is -0.497 e. The Hall–Kier alpha value is -5.54. The lowest BCUT2D eigenvalue weighted by molar-refractivity contribution is -0.387. The summed E-state index contributed by atoms with van der Waals surface area (Å²) in [5.41, 5.74) is -0.500. The Bertz CT molecular complexity index is 1960. The molecule has 0 spiro atoms. The average Bonchev–Trinajstić information content (AvgIpc) is 3.19. The number of nitrogens with one attached hydrogen (secondary N) is 3. The average molecular weight is 891 g/mol. The van der Waals surface area contributed by atoms with Gasteiger partial charge in [-0.1, -0.05) is 31.8 Å². The molecule has 0 aliphatic rings. The maximum absolute atomic E-state index is 14.3. The quantitative estimate of drug-likeness (QED) is 0.0246. The van der Waals surface area contributed by atoms with Gasteiger partial charge in [0, 0.05) is 33.7 Å². The lowest BCUT2D eigenvalue weighted by Gasteiger charge is -2.25. The SMILES string of the molecule is COCCOCOC[C@@H](NC(=O)[C@@H](Cc1ccc(F)c([N+](=O)[O-])c1)NC(=O)OCC[Si](C)(C)C)c1cc(OC)cc(Oc2cc([C@H](CO)NC(=O)OC(C)(C)C)ccc2OC)c1. The molecule has 62 heavy (non-hydrogen) atoms. The van der Waals surface area contributed by atoms with Gasteiger partial charge in [-0.2, -0.15) is 4.39 Å². The van der Waals surface area contributed by atoms with E-state index in [0.29, 0.717) is 35.3 Å². The molecule has 0 aromatic heterocycles. The van der Waals surface area contributed by atoms with E-state index in [1.54, 1.807) is 57.2 Å². The van der Waals surface area contributed by atoms with Crippen LogP contribution in [0.15, 0.2) is 54.6 Å². The minimum absolute atomic E-state index is 0.110. The summed E-state index contributed by atoms with van der Waals surface area (Å²) in [5.74, 6) is -0.773. The largest absolute Gasteiger partial charge is 0.497 e. The summed E-state index contributed by atoms with van der Waals surface area (Å²) in [6.07, 6.45) is -1.90. The molecule has 20 heteroatoms. The summed E-state index contributed by atoms with van der Waals surface area (Å²) < 4.78 is 58.9. The van der Waals surface area contributed by atoms with E-state index in [1.165, 1.54) is 27.4 Å². The predicted molar refractivity (Wildman–Crippen MR) is 228 cm³/mol. The molecule has 0 heterocycles. The summed E-state index contributed by atoms with van der Waals surface area (Å²) in [6, 6.07) is 10.3. The second kappa shape index (κ2) is 24.2. The van der Waals surface area contributed by atoms with Crippen molar-refractivity contribution in [2.75, 3.05) is 61.2 Å². The van der Waals surface area contributed by atoms with Crippen molar-refractivity contribution < 1.29 is 66.7 Å². The Labute approximate surface area is 361 Å². The number of rotatable bonds is 24. The van der Waals surface area contributed by atoms with Crippen molar-refractivity contribution in [3.63, 3.8) is 0 Å². The van der Waals surface area contributed by atoms with Crippen LogP contribution >= 0.6 is 0 Å². The van der Waals surface area contributed by atoms with Crippen LogP contribution in [0.5, 0.6) is 23.0 Å². The van der Waals surface area contributed by atoms with Crippen LogP contribution < -0.4 is 30.2 Å². The monoisotopic (exact) mass is 890 g/mol. The number of hydrogen-bond acceptors (Lipinski definition) is 14. The first-order valence-corrected chi connectivity index (χ1v) is 23.4. The highest BCUT2D eigenvalue weighted by Crippen LogP contribution is 2.37. The molecule has 3 atom stereocenters. The molecular weight excluding hydrogens is 832 g/mol. The summed E-state index contributed by atoms with van der Waals surface area (Å²) >= 11 is 0. The van der Waals surface area contributed by atoms with Crippen molar-refractivity contribution in [3.8, 4) is 23.0 Å². The van der Waals surface area contributed by atoms with Gasteiger partial charge in [-0.15, -0.1) is 0 Å². The number of nitrogens with zero attached hydrogens (tertiary/aromatic N) is 1. The van der Waals surface area contributed by atoms with Gasteiger partial charge in [0.25, 0.3) is 0 Å². The van der Waals surface area contributed by atoms with E-state index in [4.69, 9.17) is 37.9 Å². The molecule has 3 amide bonds. The Morgan fingerprint density at radius 3 is 2.18 bits per heavy atom. The smallest absolute Gasteiger partial charge is 0.408 e. The number of methoxy groups -OCH3 is 3. The van der Waals surface area contributed by atoms with Crippen LogP contribution in [0.25, 0.3) is 0 Å². The molecule has 3 aromatic carbocycles. The van der Waals surface area contributed by atoms with Gasteiger partial charge in [-0.05, 0) is 73.8 Å². The molecule has 0 aliphatic carbocycles. The Morgan fingerprint density at radius 1 is 0.823 bits per heavy atom. The summed E-state index contributed by atoms with van der Waals surface area (Å²) in [7, 11) is 2.80. The zero-order valence-corrected chi connectivity index (χ0v) is 37.7. The van der Waals surface area contributed by atoms with Crippen molar-refractivity contribution in [1.82, 2.24) is 16.0 Å². The number of alkyl carbamates (subject to hydrolysis) is 2. The Morgan fingerprint density at radius 2 is 1.55 bits per heavy atom. The van der Waals surface area contributed by atoms with Crippen LogP contribution in [-0.4, -0.2) is 109 Å². The molecule has 0 saturated heterocycles. The topological polar surface area (TPSA) is 225 Å². The first kappa shape index (κ1) is 50.8. The van der Waals surface area contributed by atoms with Gasteiger partial charge >= 0.3 is 17.9 Å². The minimum atomic E-state index is -1.59. The van der Waals surface area contributed by atoms with Crippen molar-refractivity contribution >= 4 is 31.9 Å². The number of nitro benzene ring substituents is 1. The van der Waals surface area contributed by atoms with Gasteiger partial charge in [0.05, 0.1) is 64.3 Å². The van der Waals surface area contributed by atoms with Crippen LogP contribution in [0, 0.1) is 15.9 Å². The number of amides is 3.